The Kier molecular flexibility index (Phi) is 7.31. The minimum Gasteiger partial charge on any atom is -0.497 e. The first kappa shape index (κ1) is 24.0. The molecular formula is C30H34N2O4. The highest BCUT2D eigenvalue weighted by atomic mass is 16.5. The molecule has 6 heteroatoms. The maximum absolute atomic E-state index is 6.52. The Bertz CT molecular complexity index is 1190. The highest BCUT2D eigenvalue weighted by Gasteiger charge is 2.41. The van der Waals surface area contributed by atoms with Gasteiger partial charge in [-0.15, -0.1) is 0 Å². The van der Waals surface area contributed by atoms with Gasteiger partial charge in [-0.05, 0) is 78.7 Å². The number of ether oxygens (including phenoxy) is 4. The Hall–Kier alpha value is -3.67. The van der Waals surface area contributed by atoms with E-state index in [9.17, 15) is 0 Å². The van der Waals surface area contributed by atoms with Gasteiger partial charge in [-0.1, -0.05) is 26.2 Å². The zero-order chi connectivity index (χ0) is 24.9. The molecule has 6 nitrogen and oxygen atoms in total. The summed E-state index contributed by atoms with van der Waals surface area (Å²) < 4.78 is 23.3. The molecule has 0 bridgehead atoms. The average molecular weight is 487 g/mol. The number of nitrogens with zero attached hydrogens (tertiary/aromatic N) is 2. The van der Waals surface area contributed by atoms with E-state index >= 15 is 0 Å². The van der Waals surface area contributed by atoms with Crippen molar-refractivity contribution in [2.45, 2.75) is 51.3 Å². The van der Waals surface area contributed by atoms with Crippen LogP contribution in [0.25, 0.3) is 0 Å². The Balaban J connectivity index is 1.40. The van der Waals surface area contributed by atoms with Crippen molar-refractivity contribution >= 4 is 5.71 Å². The fourth-order valence-corrected chi connectivity index (χ4v) is 4.82. The summed E-state index contributed by atoms with van der Waals surface area (Å²) in [5.74, 6) is 3.40. The van der Waals surface area contributed by atoms with Crippen LogP contribution in [0.1, 0.15) is 68.0 Å². The molecule has 0 fully saturated rings. The van der Waals surface area contributed by atoms with Gasteiger partial charge in [0.25, 0.3) is 0 Å². The van der Waals surface area contributed by atoms with Crippen LogP contribution in [0.15, 0.2) is 71.8 Å². The predicted molar refractivity (Wildman–Crippen MR) is 141 cm³/mol. The number of benzene rings is 3. The van der Waals surface area contributed by atoms with Crippen LogP contribution in [0.4, 0.5) is 0 Å². The van der Waals surface area contributed by atoms with E-state index in [4.69, 9.17) is 24.0 Å². The Labute approximate surface area is 213 Å². The van der Waals surface area contributed by atoms with Gasteiger partial charge in [0.05, 0.1) is 32.6 Å². The van der Waals surface area contributed by atoms with Gasteiger partial charge in [0.1, 0.15) is 23.0 Å². The minimum atomic E-state index is -0.328. The number of unbranched alkanes of at least 4 members (excludes halogenated alkanes) is 3. The summed E-state index contributed by atoms with van der Waals surface area (Å²) in [6.07, 6.45) is 5.23. The Morgan fingerprint density at radius 1 is 0.861 bits per heavy atom. The molecule has 0 radical (unpaired) electrons. The molecule has 0 spiro atoms. The van der Waals surface area contributed by atoms with E-state index in [1.54, 1.807) is 14.2 Å². The van der Waals surface area contributed by atoms with Crippen LogP contribution in [0, 0.1) is 0 Å². The van der Waals surface area contributed by atoms with Crippen LogP contribution < -0.4 is 18.9 Å². The molecule has 0 saturated carbocycles. The van der Waals surface area contributed by atoms with Gasteiger partial charge in [-0.25, -0.2) is 5.01 Å². The third-order valence-electron chi connectivity index (χ3n) is 6.85. The average Bonchev–Trinajstić information content (AvgIpc) is 3.38. The molecule has 0 N–H and O–H groups in total. The minimum absolute atomic E-state index is 0.0560. The highest BCUT2D eigenvalue weighted by molar-refractivity contribution is 6.02. The van der Waals surface area contributed by atoms with Crippen LogP contribution in [-0.4, -0.2) is 31.5 Å². The highest BCUT2D eigenvalue weighted by Crippen LogP contribution is 2.48. The SMILES string of the molecule is CCCCCCOc1ccc([C@H]2Oc3ccc(OC)cc3[C@H]3CC(c4ccc(OC)cc4)=NN32)cc1. The summed E-state index contributed by atoms with van der Waals surface area (Å²) in [4.78, 5) is 0. The topological polar surface area (TPSA) is 52.5 Å². The van der Waals surface area contributed by atoms with Crippen LogP contribution in [0.5, 0.6) is 23.0 Å². The maximum Gasteiger partial charge on any atom is 0.213 e. The molecule has 36 heavy (non-hydrogen) atoms. The van der Waals surface area contributed by atoms with Gasteiger partial charge in [0.2, 0.25) is 6.23 Å². The number of methoxy groups -OCH3 is 2. The van der Waals surface area contributed by atoms with E-state index in [0.717, 1.165) is 64.8 Å². The second kappa shape index (κ2) is 10.9. The second-order valence-corrected chi connectivity index (χ2v) is 9.23. The Morgan fingerprint density at radius 3 is 2.31 bits per heavy atom. The van der Waals surface area contributed by atoms with Crippen molar-refractivity contribution in [2.24, 2.45) is 5.10 Å². The summed E-state index contributed by atoms with van der Waals surface area (Å²) >= 11 is 0. The fourth-order valence-electron chi connectivity index (χ4n) is 4.82. The zero-order valence-corrected chi connectivity index (χ0v) is 21.3. The van der Waals surface area contributed by atoms with E-state index in [1.807, 2.05) is 36.4 Å². The van der Waals surface area contributed by atoms with Crippen molar-refractivity contribution in [3.63, 3.8) is 0 Å². The van der Waals surface area contributed by atoms with Crippen molar-refractivity contribution in [3.8, 4) is 23.0 Å². The van der Waals surface area contributed by atoms with Crippen molar-refractivity contribution in [2.75, 3.05) is 20.8 Å². The number of hydrazone groups is 1. The summed E-state index contributed by atoms with van der Waals surface area (Å²) in [6, 6.07) is 22.3. The quantitative estimate of drug-likeness (QED) is 0.292. The lowest BCUT2D eigenvalue weighted by atomic mass is 9.95. The van der Waals surface area contributed by atoms with Crippen molar-refractivity contribution < 1.29 is 18.9 Å². The monoisotopic (exact) mass is 486 g/mol. The van der Waals surface area contributed by atoms with Gasteiger partial charge in [-0.3, -0.25) is 0 Å². The normalized spacial score (nSPS) is 18.1. The van der Waals surface area contributed by atoms with Gasteiger partial charge in [-0.2, -0.15) is 5.10 Å². The summed E-state index contributed by atoms with van der Waals surface area (Å²) in [6.45, 7) is 2.97. The molecule has 2 aliphatic heterocycles. The summed E-state index contributed by atoms with van der Waals surface area (Å²) in [5, 5.41) is 7.15. The van der Waals surface area contributed by atoms with Gasteiger partial charge in [0.15, 0.2) is 0 Å². The molecule has 0 aromatic heterocycles. The smallest absolute Gasteiger partial charge is 0.213 e. The van der Waals surface area contributed by atoms with Crippen LogP contribution in [-0.2, 0) is 0 Å². The predicted octanol–water partition coefficient (Wildman–Crippen LogP) is 6.91. The molecule has 3 aromatic carbocycles. The van der Waals surface area contributed by atoms with E-state index in [-0.39, 0.29) is 12.3 Å². The number of rotatable bonds is 10. The Morgan fingerprint density at radius 2 is 1.58 bits per heavy atom. The van der Waals surface area contributed by atoms with Crippen LogP contribution in [0.2, 0.25) is 0 Å². The largest absolute Gasteiger partial charge is 0.497 e. The molecule has 5 rings (SSSR count). The lowest BCUT2D eigenvalue weighted by molar-refractivity contribution is -0.0191. The second-order valence-electron chi connectivity index (χ2n) is 9.23. The van der Waals surface area contributed by atoms with Crippen LogP contribution in [0.3, 0.4) is 0 Å². The molecule has 2 atom stereocenters. The molecule has 2 aliphatic rings. The van der Waals surface area contributed by atoms with E-state index < -0.39 is 0 Å². The zero-order valence-electron chi connectivity index (χ0n) is 21.3. The van der Waals surface area contributed by atoms with Crippen molar-refractivity contribution in [1.82, 2.24) is 5.01 Å². The third-order valence-corrected chi connectivity index (χ3v) is 6.85. The van der Waals surface area contributed by atoms with Gasteiger partial charge >= 0.3 is 0 Å². The fraction of sp³-hybridized carbons (Fsp3) is 0.367. The van der Waals surface area contributed by atoms with Crippen molar-refractivity contribution in [3.05, 3.63) is 83.4 Å². The van der Waals surface area contributed by atoms with Crippen LogP contribution >= 0.6 is 0 Å². The molecular weight excluding hydrogens is 452 g/mol. The first-order chi connectivity index (χ1) is 17.7. The summed E-state index contributed by atoms with van der Waals surface area (Å²) in [5.41, 5.74) is 4.24. The molecule has 188 valence electrons. The maximum atomic E-state index is 6.52. The first-order valence-electron chi connectivity index (χ1n) is 12.8. The van der Waals surface area contributed by atoms with E-state index in [1.165, 1.54) is 19.3 Å². The first-order valence-corrected chi connectivity index (χ1v) is 12.8. The van der Waals surface area contributed by atoms with Gasteiger partial charge < -0.3 is 18.9 Å². The standard InChI is InChI=1S/C30H34N2O4/c1-4-5-6-7-18-35-24-14-10-22(11-15-24)30-32-28(26-19-25(34-3)16-17-29(26)36-30)20-27(31-32)21-8-12-23(33-2)13-9-21/h8-17,19,28,30H,4-7,18,20H2,1-3H3/t28-,30-/m1/s1. The molecule has 3 aromatic rings. The van der Waals surface area contributed by atoms with E-state index in [2.05, 4.69) is 42.3 Å². The lowest BCUT2D eigenvalue weighted by Crippen LogP contribution is -2.33. The number of fused-ring (bicyclic) bond motifs is 3. The number of hydrogen-bond donors (Lipinski definition) is 0. The van der Waals surface area contributed by atoms with E-state index in [0.29, 0.717) is 0 Å². The third kappa shape index (κ3) is 4.99. The van der Waals surface area contributed by atoms with Gasteiger partial charge in [0, 0.05) is 17.5 Å². The molecule has 0 amide bonds. The number of hydrogen-bond acceptors (Lipinski definition) is 6. The lowest BCUT2D eigenvalue weighted by Gasteiger charge is -2.38. The molecule has 0 aliphatic carbocycles. The van der Waals surface area contributed by atoms with Crippen molar-refractivity contribution in [1.29, 1.82) is 0 Å². The summed E-state index contributed by atoms with van der Waals surface area (Å²) in [7, 11) is 3.37. The molecule has 0 unspecified atom stereocenters. The molecule has 2 heterocycles. The molecule has 0 saturated heterocycles.